The van der Waals surface area contributed by atoms with Crippen LogP contribution in [0, 0.1) is 6.92 Å². The summed E-state index contributed by atoms with van der Waals surface area (Å²) in [5.74, 6) is 0.195. The van der Waals surface area contributed by atoms with Gasteiger partial charge in [-0.2, -0.15) is 0 Å². The number of benzene rings is 2. The fourth-order valence-electron chi connectivity index (χ4n) is 5.72. The van der Waals surface area contributed by atoms with Gasteiger partial charge in [-0.25, -0.2) is 0 Å². The van der Waals surface area contributed by atoms with Crippen LogP contribution in [0.3, 0.4) is 0 Å². The van der Waals surface area contributed by atoms with Crippen LogP contribution in [0.2, 0.25) is 0 Å². The molecule has 1 amide bonds. The summed E-state index contributed by atoms with van der Waals surface area (Å²) < 4.78 is 6.48. The number of ether oxygens (including phenoxy) is 1. The van der Waals surface area contributed by atoms with Crippen molar-refractivity contribution < 1.29 is 19.1 Å². The zero-order chi connectivity index (χ0) is 26.1. The molecule has 2 aliphatic carbocycles. The average molecular weight is 563 g/mol. The van der Waals surface area contributed by atoms with Gasteiger partial charge in [-0.1, -0.05) is 23.8 Å². The number of carbonyl (C=O) groups is 3. The second kappa shape index (κ2) is 10.7. The van der Waals surface area contributed by atoms with E-state index in [0.29, 0.717) is 23.1 Å². The Morgan fingerprint density at radius 3 is 2.16 bits per heavy atom. The lowest BCUT2D eigenvalue weighted by Gasteiger charge is -2.43. The van der Waals surface area contributed by atoms with E-state index in [1.807, 2.05) is 49.4 Å². The van der Waals surface area contributed by atoms with E-state index in [0.717, 1.165) is 71.6 Å². The molecule has 2 aromatic carbocycles. The maximum Gasteiger partial charge on any atom is 0.262 e. The number of rotatable bonds is 6. The van der Waals surface area contributed by atoms with Crippen LogP contribution in [-0.2, 0) is 14.4 Å². The summed E-state index contributed by atoms with van der Waals surface area (Å²) in [5.41, 5.74) is 6.46. The molecule has 2 aromatic rings. The molecule has 0 radical (unpaired) electrons. The van der Waals surface area contributed by atoms with Gasteiger partial charge < -0.3 is 15.0 Å². The third-order valence-corrected chi connectivity index (χ3v) is 8.01. The average Bonchev–Trinajstić information content (AvgIpc) is 2.88. The first-order valence-electron chi connectivity index (χ1n) is 13.0. The van der Waals surface area contributed by atoms with Gasteiger partial charge in [0.1, 0.15) is 5.75 Å². The van der Waals surface area contributed by atoms with E-state index in [4.69, 9.17) is 4.74 Å². The van der Waals surface area contributed by atoms with Gasteiger partial charge in [0.05, 0.1) is 4.47 Å². The number of carbonyl (C=O) groups excluding carboxylic acids is 3. The highest BCUT2D eigenvalue weighted by atomic mass is 79.9. The number of amides is 1. The molecule has 0 fully saturated rings. The van der Waals surface area contributed by atoms with Crippen molar-refractivity contribution in [3.63, 3.8) is 0 Å². The second-order valence-electron chi connectivity index (χ2n) is 9.84. The molecule has 3 aliphatic rings. The minimum absolute atomic E-state index is 0.137. The van der Waals surface area contributed by atoms with Crippen LogP contribution in [0.15, 0.2) is 69.5 Å². The zero-order valence-electron chi connectivity index (χ0n) is 21.2. The minimum atomic E-state index is -0.358. The smallest absolute Gasteiger partial charge is 0.262 e. The lowest BCUT2D eigenvalue weighted by atomic mass is 9.71. The summed E-state index contributed by atoms with van der Waals surface area (Å²) in [6, 6.07) is 13.2. The molecule has 0 spiro atoms. The lowest BCUT2D eigenvalue weighted by molar-refractivity contribution is -0.118. The Morgan fingerprint density at radius 1 is 0.973 bits per heavy atom. The molecule has 5 rings (SSSR count). The van der Waals surface area contributed by atoms with E-state index in [1.165, 1.54) is 0 Å². The van der Waals surface area contributed by atoms with E-state index in [1.54, 1.807) is 0 Å². The number of halogens is 1. The summed E-state index contributed by atoms with van der Waals surface area (Å²) in [5, 5.41) is 2.83. The summed E-state index contributed by atoms with van der Waals surface area (Å²) in [6.07, 6.45) is 4.44. The molecular formula is C30H31BrN2O4. The van der Waals surface area contributed by atoms with Crippen molar-refractivity contribution in [1.29, 1.82) is 0 Å². The third kappa shape index (κ3) is 5.01. The highest BCUT2D eigenvalue weighted by Gasteiger charge is 2.42. The van der Waals surface area contributed by atoms with Gasteiger partial charge in [-0.05, 0) is 85.3 Å². The predicted octanol–water partition coefficient (Wildman–Crippen LogP) is 6.21. The Labute approximate surface area is 225 Å². The van der Waals surface area contributed by atoms with E-state index < -0.39 is 0 Å². The predicted molar refractivity (Wildman–Crippen MR) is 146 cm³/mol. The standard InChI is InChI=1S/C30H31BrN2O4/c1-3-33-22-6-4-8-24(34)29(22)28(30-23(33)7-5-9-25(30)35)19-12-15-26(21(31)16-19)37-17-27(36)32-20-13-10-18(2)11-14-20/h10-16,28H,3-9,17H2,1-2H3,(H,32,36). The number of allylic oxidation sites excluding steroid dienone is 4. The van der Waals surface area contributed by atoms with Crippen molar-refractivity contribution in [2.45, 2.75) is 58.3 Å². The van der Waals surface area contributed by atoms with Gasteiger partial charge in [0.2, 0.25) is 0 Å². The number of nitrogens with one attached hydrogen (secondary N) is 1. The highest BCUT2D eigenvalue weighted by molar-refractivity contribution is 9.10. The first-order chi connectivity index (χ1) is 17.9. The number of hydrogen-bond donors (Lipinski definition) is 1. The quantitative estimate of drug-likeness (QED) is 0.453. The Bertz CT molecular complexity index is 1280. The molecule has 37 heavy (non-hydrogen) atoms. The first kappa shape index (κ1) is 25.5. The van der Waals surface area contributed by atoms with Gasteiger partial charge in [-0.3, -0.25) is 14.4 Å². The Kier molecular flexibility index (Phi) is 7.33. The molecule has 0 aromatic heterocycles. The normalized spacial score (nSPS) is 18.1. The lowest BCUT2D eigenvalue weighted by Crippen LogP contribution is -2.39. The number of nitrogens with zero attached hydrogens (tertiary/aromatic N) is 1. The Hall–Kier alpha value is -3.19. The zero-order valence-corrected chi connectivity index (χ0v) is 22.8. The molecule has 1 aliphatic heterocycles. The SMILES string of the molecule is CCN1C2=C(C(=O)CCC2)C(c2ccc(OCC(=O)Nc3ccc(C)cc3)c(Br)c2)C2=C1CCCC2=O. The number of hydrogen-bond acceptors (Lipinski definition) is 5. The molecule has 7 heteroatoms. The van der Waals surface area contributed by atoms with Crippen molar-refractivity contribution >= 4 is 39.1 Å². The van der Waals surface area contributed by atoms with E-state index in [9.17, 15) is 14.4 Å². The van der Waals surface area contributed by atoms with Gasteiger partial charge in [0.15, 0.2) is 18.2 Å². The van der Waals surface area contributed by atoms with Crippen molar-refractivity contribution in [3.05, 3.63) is 80.6 Å². The van der Waals surface area contributed by atoms with Crippen LogP contribution in [0.1, 0.15) is 62.5 Å². The summed E-state index contributed by atoms with van der Waals surface area (Å²) in [6.45, 7) is 4.70. The van der Waals surface area contributed by atoms with Crippen molar-refractivity contribution in [2.75, 3.05) is 18.5 Å². The highest BCUT2D eigenvalue weighted by Crippen LogP contribution is 2.49. The molecule has 0 saturated heterocycles. The maximum atomic E-state index is 13.3. The molecule has 6 nitrogen and oxygen atoms in total. The van der Waals surface area contributed by atoms with Crippen LogP contribution in [-0.4, -0.2) is 35.5 Å². The molecule has 1 N–H and O–H groups in total. The van der Waals surface area contributed by atoms with Crippen LogP contribution in [0.5, 0.6) is 5.75 Å². The van der Waals surface area contributed by atoms with Crippen molar-refractivity contribution in [1.82, 2.24) is 4.90 Å². The first-order valence-corrected chi connectivity index (χ1v) is 13.8. The monoisotopic (exact) mass is 562 g/mol. The van der Waals surface area contributed by atoms with Crippen LogP contribution in [0.25, 0.3) is 0 Å². The van der Waals surface area contributed by atoms with Gasteiger partial charge >= 0.3 is 0 Å². The molecule has 1 heterocycles. The van der Waals surface area contributed by atoms with Crippen LogP contribution >= 0.6 is 15.9 Å². The van der Waals surface area contributed by atoms with Crippen LogP contribution in [0.4, 0.5) is 5.69 Å². The molecule has 0 atom stereocenters. The number of Topliss-reactive ketones (excluding diaryl/α,β-unsaturated/α-hetero) is 2. The van der Waals surface area contributed by atoms with E-state index in [2.05, 4.69) is 33.1 Å². The fraction of sp³-hybridized carbons (Fsp3) is 0.367. The number of ketones is 2. The minimum Gasteiger partial charge on any atom is -0.483 e. The molecule has 0 saturated carbocycles. The second-order valence-corrected chi connectivity index (χ2v) is 10.7. The molecular weight excluding hydrogens is 532 g/mol. The van der Waals surface area contributed by atoms with Crippen LogP contribution < -0.4 is 10.1 Å². The molecule has 0 bridgehead atoms. The van der Waals surface area contributed by atoms with Gasteiger partial charge in [0.25, 0.3) is 5.91 Å². The van der Waals surface area contributed by atoms with Crippen molar-refractivity contribution in [2.24, 2.45) is 0 Å². The number of aryl methyl sites for hydroxylation is 1. The number of anilines is 1. The maximum absolute atomic E-state index is 13.3. The van der Waals surface area contributed by atoms with E-state index >= 15 is 0 Å². The molecule has 0 unspecified atom stereocenters. The van der Waals surface area contributed by atoms with Crippen molar-refractivity contribution in [3.8, 4) is 5.75 Å². The summed E-state index contributed by atoms with van der Waals surface area (Å²) in [4.78, 5) is 41.1. The fourth-order valence-corrected chi connectivity index (χ4v) is 6.23. The summed E-state index contributed by atoms with van der Waals surface area (Å²) >= 11 is 3.60. The summed E-state index contributed by atoms with van der Waals surface area (Å²) in [7, 11) is 0. The molecule has 192 valence electrons. The largest absolute Gasteiger partial charge is 0.483 e. The third-order valence-electron chi connectivity index (χ3n) is 7.39. The van der Waals surface area contributed by atoms with Gasteiger partial charge in [-0.15, -0.1) is 0 Å². The Balaban J connectivity index is 1.41. The topological polar surface area (TPSA) is 75.7 Å². The van der Waals surface area contributed by atoms with E-state index in [-0.39, 0.29) is 30.0 Å². The Morgan fingerprint density at radius 2 is 1.59 bits per heavy atom. The van der Waals surface area contributed by atoms with Gasteiger partial charge in [0, 0.05) is 53.5 Å².